The molecule has 158 valence electrons. The molecule has 30 heavy (non-hydrogen) atoms. The summed E-state index contributed by atoms with van der Waals surface area (Å²) in [6.45, 7) is 1.85. The van der Waals surface area contributed by atoms with Crippen LogP contribution in [0.1, 0.15) is 16.8 Å². The van der Waals surface area contributed by atoms with Gasteiger partial charge in [-0.15, -0.1) is 0 Å². The summed E-state index contributed by atoms with van der Waals surface area (Å²) < 4.78 is 22.2. The van der Waals surface area contributed by atoms with Gasteiger partial charge in [-0.05, 0) is 36.8 Å². The molecule has 7 nitrogen and oxygen atoms in total. The highest BCUT2D eigenvalue weighted by atomic mass is 32.2. The minimum Gasteiger partial charge on any atom is -0.497 e. The molecule has 0 fully saturated rings. The van der Waals surface area contributed by atoms with Crippen LogP contribution in [0.3, 0.4) is 0 Å². The lowest BCUT2D eigenvalue weighted by Crippen LogP contribution is -2.36. The number of anilines is 1. The number of methoxy groups -OCH3 is 2. The molecule has 2 heterocycles. The van der Waals surface area contributed by atoms with Crippen molar-refractivity contribution in [2.24, 2.45) is 4.99 Å². The van der Waals surface area contributed by atoms with E-state index >= 15 is 0 Å². The first-order valence-electron chi connectivity index (χ1n) is 9.79. The smallest absolute Gasteiger partial charge is 0.182 e. The normalized spacial score (nSPS) is 15.2. The van der Waals surface area contributed by atoms with E-state index in [1.54, 1.807) is 44.2 Å². The molecular formula is C22H24N2O5S. The predicted molar refractivity (Wildman–Crippen MR) is 118 cm³/mol. The zero-order chi connectivity index (χ0) is 20.9. The van der Waals surface area contributed by atoms with Crippen molar-refractivity contribution in [1.29, 1.82) is 0 Å². The third-order valence-corrected chi connectivity index (χ3v) is 5.95. The lowest BCUT2D eigenvalue weighted by molar-refractivity contribution is 0.100. The number of aliphatic imine (C=N–C) groups is 1. The highest BCUT2D eigenvalue weighted by Crippen LogP contribution is 2.36. The number of carbonyl (C=O) groups is 1. The fourth-order valence-corrected chi connectivity index (χ4v) is 4.28. The van der Waals surface area contributed by atoms with Gasteiger partial charge in [0.05, 0.1) is 26.5 Å². The zero-order valence-corrected chi connectivity index (χ0v) is 17.9. The van der Waals surface area contributed by atoms with Crippen LogP contribution < -0.4 is 23.8 Å². The van der Waals surface area contributed by atoms with Crippen molar-refractivity contribution in [3.05, 3.63) is 42.0 Å². The molecule has 2 aliphatic heterocycles. The van der Waals surface area contributed by atoms with Crippen LogP contribution in [0.15, 0.2) is 41.4 Å². The van der Waals surface area contributed by atoms with Crippen LogP contribution in [0, 0.1) is 0 Å². The van der Waals surface area contributed by atoms with Gasteiger partial charge >= 0.3 is 0 Å². The number of ketones is 1. The molecule has 0 aromatic heterocycles. The Morgan fingerprint density at radius 3 is 2.67 bits per heavy atom. The van der Waals surface area contributed by atoms with Crippen LogP contribution in [-0.4, -0.2) is 57.2 Å². The molecular weight excluding hydrogens is 404 g/mol. The van der Waals surface area contributed by atoms with Gasteiger partial charge in [0.1, 0.15) is 24.7 Å². The second kappa shape index (κ2) is 9.30. The third-order valence-electron chi connectivity index (χ3n) is 4.85. The van der Waals surface area contributed by atoms with Gasteiger partial charge in [0.15, 0.2) is 22.4 Å². The lowest BCUT2D eigenvalue weighted by Gasteiger charge is -2.28. The van der Waals surface area contributed by atoms with Crippen molar-refractivity contribution in [2.75, 3.05) is 51.2 Å². The molecule has 0 spiro atoms. The van der Waals surface area contributed by atoms with Crippen LogP contribution in [0.25, 0.3) is 0 Å². The molecule has 4 rings (SSSR count). The van der Waals surface area contributed by atoms with Crippen molar-refractivity contribution < 1.29 is 23.7 Å². The van der Waals surface area contributed by atoms with Gasteiger partial charge in [-0.1, -0.05) is 11.8 Å². The van der Waals surface area contributed by atoms with Gasteiger partial charge in [0.2, 0.25) is 0 Å². The number of hydrogen-bond acceptors (Lipinski definition) is 8. The zero-order valence-electron chi connectivity index (χ0n) is 17.1. The van der Waals surface area contributed by atoms with Crippen molar-refractivity contribution in [1.82, 2.24) is 0 Å². The summed E-state index contributed by atoms with van der Waals surface area (Å²) in [6.07, 6.45) is 1.02. The first-order chi connectivity index (χ1) is 14.7. The molecule has 0 aliphatic carbocycles. The van der Waals surface area contributed by atoms with Gasteiger partial charge in [0.25, 0.3) is 0 Å². The van der Waals surface area contributed by atoms with Gasteiger partial charge in [-0.3, -0.25) is 9.79 Å². The molecule has 0 radical (unpaired) electrons. The quantitative estimate of drug-likeness (QED) is 0.651. The standard InChI is InChI=1S/C22H24N2O5S/c1-26-16-5-7-19(27-2)17(13-16)24(22-23-8-3-11-30-22)14-18(25)15-4-6-20-21(12-15)29-10-9-28-20/h4-7,12-13H,3,8-11,14H2,1-2H3. The highest BCUT2D eigenvalue weighted by molar-refractivity contribution is 8.14. The van der Waals surface area contributed by atoms with Crippen molar-refractivity contribution in [3.63, 3.8) is 0 Å². The maximum atomic E-state index is 13.2. The molecule has 2 aromatic carbocycles. The number of thioether (sulfide) groups is 1. The van der Waals surface area contributed by atoms with E-state index in [4.69, 9.17) is 18.9 Å². The number of fused-ring (bicyclic) bond motifs is 1. The van der Waals surface area contributed by atoms with Crippen molar-refractivity contribution >= 4 is 28.4 Å². The Bertz CT molecular complexity index is 963. The highest BCUT2D eigenvalue weighted by Gasteiger charge is 2.25. The summed E-state index contributed by atoms with van der Waals surface area (Å²) in [4.78, 5) is 19.8. The van der Waals surface area contributed by atoms with E-state index < -0.39 is 0 Å². The number of rotatable bonds is 6. The molecule has 0 atom stereocenters. The number of carbonyl (C=O) groups excluding carboxylic acids is 1. The number of Topliss-reactive ketones (excluding diaryl/α,β-unsaturated/α-hetero) is 1. The first kappa shape index (κ1) is 20.4. The Morgan fingerprint density at radius 2 is 1.93 bits per heavy atom. The molecule has 2 aliphatic rings. The monoisotopic (exact) mass is 428 g/mol. The Balaban J connectivity index is 1.67. The fourth-order valence-electron chi connectivity index (χ4n) is 3.33. The maximum Gasteiger partial charge on any atom is 0.182 e. The van der Waals surface area contributed by atoms with Crippen molar-refractivity contribution in [3.8, 4) is 23.0 Å². The molecule has 8 heteroatoms. The molecule has 2 aromatic rings. The summed E-state index contributed by atoms with van der Waals surface area (Å²) in [6, 6.07) is 10.8. The van der Waals surface area contributed by atoms with E-state index in [1.165, 1.54) is 0 Å². The Hall–Kier alpha value is -2.87. The summed E-state index contributed by atoms with van der Waals surface area (Å²) >= 11 is 1.64. The van der Waals surface area contributed by atoms with E-state index in [1.807, 2.05) is 23.1 Å². The fraction of sp³-hybridized carbons (Fsp3) is 0.364. The SMILES string of the molecule is COc1ccc(OC)c(N(CC(=O)c2ccc3c(c2)OCCO3)C2=NCCCS2)c1. The third kappa shape index (κ3) is 4.33. The summed E-state index contributed by atoms with van der Waals surface area (Å²) in [5.74, 6) is 3.51. The number of nitrogens with zero attached hydrogens (tertiary/aromatic N) is 2. The van der Waals surface area contributed by atoms with Crippen LogP contribution >= 0.6 is 11.8 Å². The average molecular weight is 429 g/mol. The topological polar surface area (TPSA) is 69.6 Å². The Morgan fingerprint density at radius 1 is 1.10 bits per heavy atom. The van der Waals surface area contributed by atoms with Crippen LogP contribution in [-0.2, 0) is 0 Å². The van der Waals surface area contributed by atoms with E-state index in [9.17, 15) is 4.79 Å². The lowest BCUT2D eigenvalue weighted by atomic mass is 10.1. The number of amidine groups is 1. The largest absolute Gasteiger partial charge is 0.497 e. The second-order valence-electron chi connectivity index (χ2n) is 6.77. The molecule has 0 saturated heterocycles. The van der Waals surface area contributed by atoms with Crippen LogP contribution in [0.4, 0.5) is 5.69 Å². The number of benzene rings is 2. The molecule has 0 unspecified atom stereocenters. The number of hydrogen-bond donors (Lipinski definition) is 0. The predicted octanol–water partition coefficient (Wildman–Crippen LogP) is 3.66. The van der Waals surface area contributed by atoms with Gasteiger partial charge in [-0.25, -0.2) is 0 Å². The molecule has 0 bridgehead atoms. The number of ether oxygens (including phenoxy) is 4. The van der Waals surface area contributed by atoms with Crippen LogP contribution in [0.2, 0.25) is 0 Å². The van der Waals surface area contributed by atoms with Gasteiger partial charge in [0, 0.05) is 23.9 Å². The van der Waals surface area contributed by atoms with Crippen molar-refractivity contribution in [2.45, 2.75) is 6.42 Å². The van der Waals surface area contributed by atoms with Gasteiger partial charge in [-0.2, -0.15) is 0 Å². The molecule has 0 amide bonds. The van der Waals surface area contributed by atoms with Crippen LogP contribution in [0.5, 0.6) is 23.0 Å². The van der Waals surface area contributed by atoms with Gasteiger partial charge < -0.3 is 23.8 Å². The average Bonchev–Trinajstić information content (AvgIpc) is 2.82. The molecule has 0 N–H and O–H groups in total. The molecule has 0 saturated carbocycles. The second-order valence-corrected chi connectivity index (χ2v) is 7.83. The summed E-state index contributed by atoms with van der Waals surface area (Å²) in [7, 11) is 3.23. The van der Waals surface area contributed by atoms with E-state index in [-0.39, 0.29) is 12.3 Å². The van der Waals surface area contributed by atoms with E-state index in [0.29, 0.717) is 41.8 Å². The summed E-state index contributed by atoms with van der Waals surface area (Å²) in [5, 5.41) is 0.804. The van der Waals surface area contributed by atoms with E-state index in [0.717, 1.165) is 29.6 Å². The summed E-state index contributed by atoms with van der Waals surface area (Å²) in [5.41, 5.74) is 1.31. The van der Waals surface area contributed by atoms with E-state index in [2.05, 4.69) is 4.99 Å². The Labute approximate surface area is 180 Å². The first-order valence-corrected chi connectivity index (χ1v) is 10.8. The minimum absolute atomic E-state index is 0.0503. The maximum absolute atomic E-state index is 13.2. The minimum atomic E-state index is -0.0503. The Kier molecular flexibility index (Phi) is 6.32.